The Kier molecular flexibility index (Phi) is 4.49. The molecule has 0 saturated heterocycles. The number of halogens is 3. The number of rotatable bonds is 5. The first kappa shape index (κ1) is 16.5. The second-order valence-corrected chi connectivity index (χ2v) is 5.12. The Hall–Kier alpha value is -1.56. The SMILES string of the molecule is CCC(C)(CC(O)(C(=O)O)C(F)(F)F)c1ccccc1. The molecule has 0 amide bonds. The second-order valence-electron chi connectivity index (χ2n) is 5.12. The number of alkyl halides is 3. The lowest BCUT2D eigenvalue weighted by atomic mass is 9.71. The minimum Gasteiger partial charge on any atom is -0.479 e. The van der Waals surface area contributed by atoms with Gasteiger partial charge in [0.1, 0.15) is 0 Å². The van der Waals surface area contributed by atoms with E-state index in [1.54, 1.807) is 37.3 Å². The predicted octanol–water partition coefficient (Wildman–Crippen LogP) is 3.12. The molecule has 1 aromatic carbocycles. The summed E-state index contributed by atoms with van der Waals surface area (Å²) in [4.78, 5) is 10.9. The van der Waals surface area contributed by atoms with Crippen molar-refractivity contribution in [2.24, 2.45) is 0 Å². The molecule has 0 spiro atoms. The predicted molar refractivity (Wildman–Crippen MR) is 67.3 cm³/mol. The molecule has 6 heteroatoms. The molecule has 20 heavy (non-hydrogen) atoms. The first-order valence-electron chi connectivity index (χ1n) is 6.15. The maximum atomic E-state index is 12.9. The Balaban J connectivity index is 3.24. The summed E-state index contributed by atoms with van der Waals surface area (Å²) in [5.41, 5.74) is -4.29. The number of carboxylic acids is 1. The molecule has 0 radical (unpaired) electrons. The molecule has 0 aliphatic heterocycles. The number of carbonyl (C=O) groups is 1. The number of hydrogen-bond acceptors (Lipinski definition) is 2. The van der Waals surface area contributed by atoms with E-state index in [0.717, 1.165) is 0 Å². The minimum absolute atomic E-state index is 0.267. The van der Waals surface area contributed by atoms with E-state index >= 15 is 0 Å². The highest BCUT2D eigenvalue weighted by Crippen LogP contribution is 2.42. The Morgan fingerprint density at radius 2 is 1.70 bits per heavy atom. The quantitative estimate of drug-likeness (QED) is 0.876. The summed E-state index contributed by atoms with van der Waals surface area (Å²) in [6.07, 6.45) is -5.90. The molecule has 1 rings (SSSR count). The molecule has 0 aromatic heterocycles. The van der Waals surface area contributed by atoms with Gasteiger partial charge in [-0.15, -0.1) is 0 Å². The van der Waals surface area contributed by atoms with Crippen molar-refractivity contribution in [3.05, 3.63) is 35.9 Å². The van der Waals surface area contributed by atoms with Crippen molar-refractivity contribution >= 4 is 5.97 Å². The minimum atomic E-state index is -5.23. The van der Waals surface area contributed by atoms with Gasteiger partial charge >= 0.3 is 12.1 Å². The fourth-order valence-corrected chi connectivity index (χ4v) is 2.13. The second kappa shape index (κ2) is 5.44. The average molecular weight is 290 g/mol. The van der Waals surface area contributed by atoms with Crippen LogP contribution < -0.4 is 0 Å². The Labute approximate surface area is 115 Å². The fourth-order valence-electron chi connectivity index (χ4n) is 2.13. The lowest BCUT2D eigenvalue weighted by molar-refractivity contribution is -0.265. The zero-order chi connectivity index (χ0) is 15.6. The normalized spacial score (nSPS) is 18.1. The zero-order valence-corrected chi connectivity index (χ0v) is 11.2. The summed E-state index contributed by atoms with van der Waals surface area (Å²) in [5.74, 6) is -2.28. The van der Waals surface area contributed by atoms with E-state index in [4.69, 9.17) is 5.11 Å². The van der Waals surface area contributed by atoms with Crippen molar-refractivity contribution in [1.82, 2.24) is 0 Å². The van der Waals surface area contributed by atoms with Crippen LogP contribution in [0.5, 0.6) is 0 Å². The van der Waals surface area contributed by atoms with Gasteiger partial charge in [0.15, 0.2) is 0 Å². The lowest BCUT2D eigenvalue weighted by Crippen LogP contribution is -2.55. The van der Waals surface area contributed by atoms with Crippen LogP contribution in [-0.2, 0) is 10.2 Å². The van der Waals surface area contributed by atoms with Gasteiger partial charge in [0.25, 0.3) is 5.60 Å². The van der Waals surface area contributed by atoms with E-state index in [2.05, 4.69) is 0 Å². The average Bonchev–Trinajstić information content (AvgIpc) is 2.38. The highest BCUT2D eigenvalue weighted by molar-refractivity contribution is 5.78. The van der Waals surface area contributed by atoms with Gasteiger partial charge < -0.3 is 10.2 Å². The number of benzene rings is 1. The van der Waals surface area contributed by atoms with Gasteiger partial charge in [-0.25, -0.2) is 4.79 Å². The van der Waals surface area contributed by atoms with Gasteiger partial charge in [0.05, 0.1) is 0 Å². The lowest BCUT2D eigenvalue weighted by Gasteiger charge is -2.36. The van der Waals surface area contributed by atoms with Gasteiger partial charge in [0, 0.05) is 6.42 Å². The van der Waals surface area contributed by atoms with Crippen molar-refractivity contribution in [2.75, 3.05) is 0 Å². The van der Waals surface area contributed by atoms with Crippen LogP contribution >= 0.6 is 0 Å². The number of aliphatic hydroxyl groups is 1. The van der Waals surface area contributed by atoms with E-state index in [9.17, 15) is 23.1 Å². The molecule has 112 valence electrons. The molecule has 0 saturated carbocycles. The third kappa shape index (κ3) is 2.95. The van der Waals surface area contributed by atoms with Crippen LogP contribution in [0.1, 0.15) is 32.3 Å². The molecule has 3 nitrogen and oxygen atoms in total. The molecule has 2 N–H and O–H groups in total. The first-order valence-corrected chi connectivity index (χ1v) is 6.15. The van der Waals surface area contributed by atoms with Crippen molar-refractivity contribution < 1.29 is 28.2 Å². The molecule has 2 unspecified atom stereocenters. The standard InChI is InChI=1S/C14H17F3O3/c1-3-12(2,10-7-5-4-6-8-10)9-13(20,11(18)19)14(15,16)17/h4-8,20H,3,9H2,1-2H3,(H,18,19). The highest BCUT2D eigenvalue weighted by atomic mass is 19.4. The van der Waals surface area contributed by atoms with Crippen LogP contribution in [0.15, 0.2) is 30.3 Å². The molecular weight excluding hydrogens is 273 g/mol. The van der Waals surface area contributed by atoms with Crippen LogP contribution in [0.25, 0.3) is 0 Å². The van der Waals surface area contributed by atoms with E-state index in [-0.39, 0.29) is 6.42 Å². The Morgan fingerprint density at radius 1 is 1.20 bits per heavy atom. The maximum Gasteiger partial charge on any atom is 0.428 e. The van der Waals surface area contributed by atoms with Crippen LogP contribution in [0, 0.1) is 0 Å². The van der Waals surface area contributed by atoms with Gasteiger partial charge in [-0.05, 0) is 17.4 Å². The monoisotopic (exact) mass is 290 g/mol. The van der Waals surface area contributed by atoms with E-state index in [1.807, 2.05) is 0 Å². The zero-order valence-electron chi connectivity index (χ0n) is 11.2. The summed E-state index contributed by atoms with van der Waals surface area (Å²) in [6, 6.07) is 8.30. The van der Waals surface area contributed by atoms with Crippen LogP contribution in [0.4, 0.5) is 13.2 Å². The topological polar surface area (TPSA) is 57.5 Å². The summed E-state index contributed by atoms with van der Waals surface area (Å²) in [5, 5.41) is 18.4. The summed E-state index contributed by atoms with van der Waals surface area (Å²) in [6.45, 7) is 3.17. The molecule has 0 bridgehead atoms. The molecular formula is C14H17F3O3. The van der Waals surface area contributed by atoms with E-state index < -0.39 is 29.6 Å². The molecule has 1 aromatic rings. The van der Waals surface area contributed by atoms with Crippen molar-refractivity contribution in [3.8, 4) is 0 Å². The van der Waals surface area contributed by atoms with Gasteiger partial charge in [0.2, 0.25) is 0 Å². The van der Waals surface area contributed by atoms with Gasteiger partial charge in [-0.3, -0.25) is 0 Å². The van der Waals surface area contributed by atoms with Crippen LogP contribution in [0.2, 0.25) is 0 Å². The molecule has 0 heterocycles. The fraction of sp³-hybridized carbons (Fsp3) is 0.500. The number of carboxylic acid groups (broad SMARTS) is 1. The molecule has 0 aliphatic rings. The Bertz CT molecular complexity index is 472. The number of aliphatic carboxylic acids is 1. The highest BCUT2D eigenvalue weighted by Gasteiger charge is 2.62. The summed E-state index contributed by atoms with van der Waals surface area (Å²) < 4.78 is 38.7. The molecule has 0 aliphatic carbocycles. The largest absolute Gasteiger partial charge is 0.479 e. The van der Waals surface area contributed by atoms with E-state index in [0.29, 0.717) is 5.56 Å². The molecule has 2 atom stereocenters. The Morgan fingerprint density at radius 3 is 2.05 bits per heavy atom. The molecule has 0 fully saturated rings. The van der Waals surface area contributed by atoms with Crippen LogP contribution in [-0.4, -0.2) is 28.0 Å². The maximum absolute atomic E-state index is 12.9. The summed E-state index contributed by atoms with van der Waals surface area (Å²) in [7, 11) is 0. The van der Waals surface area contributed by atoms with E-state index in [1.165, 1.54) is 6.92 Å². The smallest absolute Gasteiger partial charge is 0.428 e. The summed E-state index contributed by atoms with van der Waals surface area (Å²) >= 11 is 0. The van der Waals surface area contributed by atoms with Gasteiger partial charge in [-0.1, -0.05) is 44.2 Å². The van der Waals surface area contributed by atoms with Crippen molar-refractivity contribution in [3.63, 3.8) is 0 Å². The van der Waals surface area contributed by atoms with Crippen molar-refractivity contribution in [2.45, 2.75) is 43.9 Å². The van der Waals surface area contributed by atoms with Crippen molar-refractivity contribution in [1.29, 1.82) is 0 Å². The third-order valence-electron chi connectivity index (χ3n) is 3.72. The van der Waals surface area contributed by atoms with Gasteiger partial charge in [-0.2, -0.15) is 13.2 Å². The van der Waals surface area contributed by atoms with Crippen LogP contribution in [0.3, 0.4) is 0 Å². The first-order chi connectivity index (χ1) is 9.07. The third-order valence-corrected chi connectivity index (χ3v) is 3.72. The number of hydrogen-bond donors (Lipinski definition) is 2.